The molecule has 1 atom stereocenters. The summed E-state index contributed by atoms with van der Waals surface area (Å²) in [6, 6.07) is 12.6. The Hall–Kier alpha value is -1.70. The van der Waals surface area contributed by atoms with Gasteiger partial charge in [0.2, 0.25) is 10.0 Å². The summed E-state index contributed by atoms with van der Waals surface area (Å²) < 4.78 is 54.0. The summed E-state index contributed by atoms with van der Waals surface area (Å²) in [4.78, 5) is 0. The van der Waals surface area contributed by atoms with Gasteiger partial charge in [0.15, 0.2) is 0 Å². The summed E-state index contributed by atoms with van der Waals surface area (Å²) in [5.41, 5.74) is 1.11. The summed E-state index contributed by atoms with van der Waals surface area (Å²) in [5, 5.41) is 0.944. The molecule has 0 radical (unpaired) electrons. The van der Waals surface area contributed by atoms with Crippen molar-refractivity contribution in [3.63, 3.8) is 0 Å². The summed E-state index contributed by atoms with van der Waals surface area (Å²) >= 11 is 1.46. The van der Waals surface area contributed by atoms with Crippen LogP contribution in [0.1, 0.15) is 22.8 Å². The summed E-state index contributed by atoms with van der Waals surface area (Å²) in [5.74, 6) is -0.412. The highest BCUT2D eigenvalue weighted by molar-refractivity contribution is 7.99. The van der Waals surface area contributed by atoms with Crippen LogP contribution in [0.5, 0.6) is 0 Å². The molecule has 0 aliphatic carbocycles. The number of nitrogens with zero attached hydrogens (tertiary/aromatic N) is 1. The molecule has 3 nitrogen and oxygen atoms in total. The van der Waals surface area contributed by atoms with Crippen LogP contribution in [0.25, 0.3) is 6.08 Å². The smallest absolute Gasteiger partial charge is 0.208 e. The van der Waals surface area contributed by atoms with Crippen molar-refractivity contribution >= 4 is 27.9 Å². The van der Waals surface area contributed by atoms with Gasteiger partial charge in [-0.1, -0.05) is 30.3 Å². The predicted molar refractivity (Wildman–Crippen MR) is 102 cm³/mol. The lowest BCUT2D eigenvalue weighted by Crippen LogP contribution is -2.31. The minimum Gasteiger partial charge on any atom is -0.208 e. The predicted octanol–water partition coefficient (Wildman–Crippen LogP) is 4.45. The number of sulfonamides is 1. The van der Waals surface area contributed by atoms with E-state index >= 15 is 0 Å². The van der Waals surface area contributed by atoms with E-state index in [2.05, 4.69) is 0 Å². The van der Waals surface area contributed by atoms with Gasteiger partial charge in [-0.2, -0.15) is 16.1 Å². The van der Waals surface area contributed by atoms with Crippen LogP contribution in [0.3, 0.4) is 0 Å². The van der Waals surface area contributed by atoms with Crippen LogP contribution in [0.2, 0.25) is 0 Å². The van der Waals surface area contributed by atoms with Crippen LogP contribution < -0.4 is 0 Å². The Morgan fingerprint density at radius 1 is 1.08 bits per heavy atom. The maximum absolute atomic E-state index is 14.0. The van der Waals surface area contributed by atoms with E-state index in [1.807, 2.05) is 30.3 Å². The maximum atomic E-state index is 14.0. The average molecular weight is 395 g/mol. The molecule has 1 heterocycles. The molecule has 1 aliphatic heterocycles. The van der Waals surface area contributed by atoms with Crippen molar-refractivity contribution in [3.8, 4) is 0 Å². The van der Waals surface area contributed by atoms with E-state index in [0.717, 1.165) is 17.7 Å². The quantitative estimate of drug-likeness (QED) is 0.768. The number of benzene rings is 2. The zero-order valence-electron chi connectivity index (χ0n) is 14.0. The molecule has 0 N–H and O–H groups in total. The molecule has 0 spiro atoms. The van der Waals surface area contributed by atoms with E-state index in [9.17, 15) is 17.2 Å². The van der Waals surface area contributed by atoms with Gasteiger partial charge < -0.3 is 0 Å². The van der Waals surface area contributed by atoms with Gasteiger partial charge >= 0.3 is 0 Å². The Labute approximate surface area is 156 Å². The Morgan fingerprint density at radius 2 is 1.85 bits per heavy atom. The van der Waals surface area contributed by atoms with Gasteiger partial charge in [0, 0.05) is 35.1 Å². The van der Waals surface area contributed by atoms with Gasteiger partial charge in [-0.05, 0) is 36.3 Å². The van der Waals surface area contributed by atoms with Gasteiger partial charge in [0.25, 0.3) is 0 Å². The van der Waals surface area contributed by atoms with Crippen LogP contribution in [0.4, 0.5) is 8.78 Å². The summed E-state index contributed by atoms with van der Waals surface area (Å²) in [6.45, 7) is 0.620. The molecule has 2 aromatic rings. The normalized spacial score (nSPS) is 19.5. The van der Waals surface area contributed by atoms with E-state index in [4.69, 9.17) is 0 Å². The van der Waals surface area contributed by atoms with Crippen LogP contribution in [-0.2, 0) is 10.0 Å². The number of thioether (sulfide) groups is 1. The van der Waals surface area contributed by atoms with Crippen molar-refractivity contribution in [2.24, 2.45) is 0 Å². The van der Waals surface area contributed by atoms with Gasteiger partial charge in [0.1, 0.15) is 11.6 Å². The average Bonchev–Trinajstić information content (AvgIpc) is 2.90. The third-order valence-electron chi connectivity index (χ3n) is 4.20. The summed E-state index contributed by atoms with van der Waals surface area (Å²) in [6.07, 6.45) is 2.00. The number of halogens is 2. The lowest BCUT2D eigenvalue weighted by atomic mass is 10.1. The van der Waals surface area contributed by atoms with E-state index < -0.39 is 21.7 Å². The highest BCUT2D eigenvalue weighted by Crippen LogP contribution is 2.36. The number of hydrogen-bond donors (Lipinski definition) is 0. The van der Waals surface area contributed by atoms with E-state index in [0.29, 0.717) is 24.3 Å². The molecule has 2 aromatic carbocycles. The highest BCUT2D eigenvalue weighted by atomic mass is 32.2. The molecule has 0 aromatic heterocycles. The first kappa shape index (κ1) is 19.1. The number of rotatable bonds is 4. The van der Waals surface area contributed by atoms with Gasteiger partial charge in [-0.15, -0.1) is 0 Å². The van der Waals surface area contributed by atoms with E-state index in [1.54, 1.807) is 6.08 Å². The van der Waals surface area contributed by atoms with Crippen molar-refractivity contribution in [2.45, 2.75) is 11.7 Å². The molecule has 0 saturated carbocycles. The maximum Gasteiger partial charge on any atom is 0.236 e. The Bertz CT molecular complexity index is 886. The molecule has 0 bridgehead atoms. The van der Waals surface area contributed by atoms with Crippen LogP contribution in [-0.4, -0.2) is 31.6 Å². The standard InChI is InChI=1S/C19H19F2NO2S2/c20-16-6-7-18(21)17(14-16)19-8-10-22(11-12-25-19)26(23,24)13-9-15-4-2-1-3-5-15/h1-7,9,13-14,19H,8,10-12H2/b13-9+. The van der Waals surface area contributed by atoms with Crippen molar-refractivity contribution < 1.29 is 17.2 Å². The topological polar surface area (TPSA) is 37.4 Å². The molecule has 138 valence electrons. The highest BCUT2D eigenvalue weighted by Gasteiger charge is 2.26. The van der Waals surface area contributed by atoms with Crippen molar-refractivity contribution in [1.29, 1.82) is 0 Å². The fraction of sp³-hybridized carbons (Fsp3) is 0.263. The molecule has 7 heteroatoms. The van der Waals surface area contributed by atoms with Gasteiger partial charge in [0.05, 0.1) is 0 Å². The molecule has 1 fully saturated rings. The first-order valence-electron chi connectivity index (χ1n) is 8.25. The Kier molecular flexibility index (Phi) is 6.11. The van der Waals surface area contributed by atoms with Crippen LogP contribution in [0.15, 0.2) is 53.9 Å². The molecule has 0 amide bonds. The second-order valence-corrected chi connectivity index (χ2v) is 9.10. The SMILES string of the molecule is O=S(=O)(/C=C/c1ccccc1)N1CCSC(c2cc(F)ccc2F)CC1. The molecule has 1 aliphatic rings. The third-order valence-corrected chi connectivity index (χ3v) is 7.07. The zero-order valence-corrected chi connectivity index (χ0v) is 15.6. The monoisotopic (exact) mass is 395 g/mol. The minimum absolute atomic E-state index is 0.260. The van der Waals surface area contributed by atoms with Crippen molar-refractivity contribution in [1.82, 2.24) is 4.31 Å². The van der Waals surface area contributed by atoms with Crippen LogP contribution in [0, 0.1) is 11.6 Å². The van der Waals surface area contributed by atoms with Crippen LogP contribution >= 0.6 is 11.8 Å². The molecule has 1 unspecified atom stereocenters. The Balaban J connectivity index is 1.71. The zero-order chi connectivity index (χ0) is 18.6. The van der Waals surface area contributed by atoms with Crippen molar-refractivity contribution in [3.05, 3.63) is 76.7 Å². The molecular formula is C19H19F2NO2S2. The summed E-state index contributed by atoms with van der Waals surface area (Å²) in [7, 11) is -3.56. The first-order chi connectivity index (χ1) is 12.5. The minimum atomic E-state index is -3.56. The molecule has 3 rings (SSSR count). The second-order valence-electron chi connectivity index (χ2n) is 5.97. The van der Waals surface area contributed by atoms with Gasteiger partial charge in [-0.25, -0.2) is 17.2 Å². The molecular weight excluding hydrogens is 376 g/mol. The molecule has 1 saturated heterocycles. The third kappa shape index (κ3) is 4.72. The largest absolute Gasteiger partial charge is 0.236 e. The lowest BCUT2D eigenvalue weighted by Gasteiger charge is -2.18. The fourth-order valence-corrected chi connectivity index (χ4v) is 5.39. The van der Waals surface area contributed by atoms with E-state index in [1.165, 1.54) is 27.5 Å². The Morgan fingerprint density at radius 3 is 2.62 bits per heavy atom. The van der Waals surface area contributed by atoms with Gasteiger partial charge in [-0.3, -0.25) is 0 Å². The van der Waals surface area contributed by atoms with E-state index in [-0.39, 0.29) is 11.8 Å². The number of hydrogen-bond acceptors (Lipinski definition) is 3. The van der Waals surface area contributed by atoms with Crippen molar-refractivity contribution in [2.75, 3.05) is 18.8 Å². The fourth-order valence-electron chi connectivity index (χ4n) is 2.83. The second kappa shape index (κ2) is 8.33. The first-order valence-corrected chi connectivity index (χ1v) is 10.8. The lowest BCUT2D eigenvalue weighted by molar-refractivity contribution is 0.433. The molecule has 26 heavy (non-hydrogen) atoms.